The molecule has 2 N–H and O–H groups in total. The first-order valence-electron chi connectivity index (χ1n) is 8.91. The third-order valence-electron chi connectivity index (χ3n) is 4.22. The number of carbonyl (C=O) groups excluding carboxylic acids is 1. The molecule has 0 saturated carbocycles. The lowest BCUT2D eigenvalue weighted by Gasteiger charge is -2.20. The van der Waals surface area contributed by atoms with Gasteiger partial charge in [-0.15, -0.1) is 0 Å². The lowest BCUT2D eigenvalue weighted by Crippen LogP contribution is -2.21. The van der Waals surface area contributed by atoms with Gasteiger partial charge in [0.15, 0.2) is 11.5 Å². The zero-order valence-electron chi connectivity index (χ0n) is 15.7. The summed E-state index contributed by atoms with van der Waals surface area (Å²) in [4.78, 5) is 14.4. The van der Waals surface area contributed by atoms with E-state index in [1.54, 1.807) is 12.3 Å². The van der Waals surface area contributed by atoms with Gasteiger partial charge in [0.25, 0.3) is 5.91 Å². The number of nitrogens with one attached hydrogen (secondary N) is 2. The molecular formula is C20H23N5O2. The molecular weight excluding hydrogens is 342 g/mol. The fourth-order valence-electron chi connectivity index (χ4n) is 2.73. The van der Waals surface area contributed by atoms with Crippen LogP contribution in [-0.2, 0) is 0 Å². The van der Waals surface area contributed by atoms with E-state index >= 15 is 0 Å². The predicted octanol–water partition coefficient (Wildman–Crippen LogP) is 3.59. The van der Waals surface area contributed by atoms with Gasteiger partial charge in [0.1, 0.15) is 11.5 Å². The molecule has 2 aromatic heterocycles. The highest BCUT2D eigenvalue weighted by Crippen LogP contribution is 2.20. The normalized spacial score (nSPS) is 11.1. The van der Waals surface area contributed by atoms with Crippen LogP contribution < -0.4 is 10.3 Å². The fourth-order valence-corrected chi connectivity index (χ4v) is 2.73. The van der Waals surface area contributed by atoms with Crippen molar-refractivity contribution < 1.29 is 9.21 Å². The maximum Gasteiger partial charge on any atom is 0.291 e. The molecule has 0 aliphatic rings. The highest BCUT2D eigenvalue weighted by Gasteiger charge is 2.12. The topological polar surface area (TPSA) is 86.5 Å². The van der Waals surface area contributed by atoms with Crippen LogP contribution in [0.1, 0.15) is 35.7 Å². The SMILES string of the molecule is CCN(CC)c1ccc(C=NNC(=O)c2cc(-c3ccc(C)o3)[nH]n2)cc1. The highest BCUT2D eigenvalue weighted by molar-refractivity contribution is 5.94. The molecule has 0 aliphatic heterocycles. The average molecular weight is 365 g/mol. The van der Waals surface area contributed by atoms with Crippen molar-refractivity contribution in [2.24, 2.45) is 5.10 Å². The molecule has 0 spiro atoms. The minimum atomic E-state index is -0.392. The Balaban J connectivity index is 1.59. The number of rotatable bonds is 7. The first-order valence-corrected chi connectivity index (χ1v) is 8.91. The van der Waals surface area contributed by atoms with E-state index in [1.165, 1.54) is 5.69 Å². The van der Waals surface area contributed by atoms with Crippen molar-refractivity contribution in [3.8, 4) is 11.5 Å². The Morgan fingerprint density at radius 3 is 2.59 bits per heavy atom. The number of hydrazone groups is 1. The van der Waals surface area contributed by atoms with Gasteiger partial charge in [0.2, 0.25) is 0 Å². The molecule has 0 aliphatic carbocycles. The number of aryl methyl sites for hydroxylation is 1. The van der Waals surface area contributed by atoms with Crippen molar-refractivity contribution in [1.82, 2.24) is 15.6 Å². The molecule has 1 amide bonds. The second-order valence-electron chi connectivity index (χ2n) is 6.04. The van der Waals surface area contributed by atoms with Crippen molar-refractivity contribution >= 4 is 17.8 Å². The standard InChI is InChI=1S/C20H23N5O2/c1-4-25(5-2)16-9-7-15(8-10-16)13-21-24-20(26)18-12-17(22-23-18)19-11-6-14(3)27-19/h6-13H,4-5H2,1-3H3,(H,22,23)(H,24,26). The number of aromatic amines is 1. The zero-order chi connectivity index (χ0) is 19.2. The third kappa shape index (κ3) is 4.44. The minimum Gasteiger partial charge on any atom is -0.460 e. The van der Waals surface area contributed by atoms with Crippen LogP contribution in [0.15, 0.2) is 52.0 Å². The van der Waals surface area contributed by atoms with Gasteiger partial charge >= 0.3 is 0 Å². The molecule has 1 aromatic carbocycles. The van der Waals surface area contributed by atoms with E-state index in [1.807, 2.05) is 43.3 Å². The van der Waals surface area contributed by atoms with Gasteiger partial charge in [-0.3, -0.25) is 9.89 Å². The van der Waals surface area contributed by atoms with E-state index in [4.69, 9.17) is 4.42 Å². The zero-order valence-corrected chi connectivity index (χ0v) is 15.7. The van der Waals surface area contributed by atoms with Crippen LogP contribution in [0.4, 0.5) is 5.69 Å². The molecule has 0 unspecified atom stereocenters. The predicted molar refractivity (Wildman–Crippen MR) is 106 cm³/mol. The minimum absolute atomic E-state index is 0.244. The van der Waals surface area contributed by atoms with Crippen LogP contribution in [-0.4, -0.2) is 35.4 Å². The second-order valence-corrected chi connectivity index (χ2v) is 6.04. The molecule has 0 saturated heterocycles. The summed E-state index contributed by atoms with van der Waals surface area (Å²) in [5.74, 6) is 1.04. The first-order chi connectivity index (χ1) is 13.1. The summed E-state index contributed by atoms with van der Waals surface area (Å²) in [6, 6.07) is 13.3. The lowest BCUT2D eigenvalue weighted by atomic mass is 10.2. The van der Waals surface area contributed by atoms with Crippen LogP contribution >= 0.6 is 0 Å². The van der Waals surface area contributed by atoms with Crippen molar-refractivity contribution in [1.29, 1.82) is 0 Å². The van der Waals surface area contributed by atoms with E-state index < -0.39 is 5.91 Å². The molecule has 27 heavy (non-hydrogen) atoms. The monoisotopic (exact) mass is 365 g/mol. The molecule has 140 valence electrons. The van der Waals surface area contributed by atoms with E-state index in [9.17, 15) is 4.79 Å². The summed E-state index contributed by atoms with van der Waals surface area (Å²) in [6.07, 6.45) is 1.60. The molecule has 0 atom stereocenters. The van der Waals surface area contributed by atoms with Crippen molar-refractivity contribution in [3.05, 3.63) is 59.5 Å². The Morgan fingerprint density at radius 1 is 1.22 bits per heavy atom. The Kier molecular flexibility index (Phi) is 5.71. The summed E-state index contributed by atoms with van der Waals surface area (Å²) in [7, 11) is 0. The molecule has 3 aromatic rings. The van der Waals surface area contributed by atoms with Crippen LogP contribution in [0, 0.1) is 6.92 Å². The van der Waals surface area contributed by atoms with Crippen LogP contribution in [0.5, 0.6) is 0 Å². The van der Waals surface area contributed by atoms with E-state index in [0.717, 1.165) is 24.4 Å². The number of hydrogen-bond donors (Lipinski definition) is 2. The Bertz CT molecular complexity index is 920. The van der Waals surface area contributed by atoms with Gasteiger partial charge < -0.3 is 9.32 Å². The number of nitrogens with zero attached hydrogens (tertiary/aromatic N) is 3. The Labute approximate surface area is 158 Å². The van der Waals surface area contributed by atoms with Crippen LogP contribution in [0.25, 0.3) is 11.5 Å². The largest absolute Gasteiger partial charge is 0.460 e. The van der Waals surface area contributed by atoms with Gasteiger partial charge in [-0.2, -0.15) is 10.2 Å². The molecule has 3 rings (SSSR count). The van der Waals surface area contributed by atoms with Gasteiger partial charge in [-0.25, -0.2) is 5.43 Å². The third-order valence-corrected chi connectivity index (χ3v) is 4.22. The summed E-state index contributed by atoms with van der Waals surface area (Å²) < 4.78 is 5.51. The maximum atomic E-state index is 12.2. The van der Waals surface area contributed by atoms with Crippen LogP contribution in [0.2, 0.25) is 0 Å². The fraction of sp³-hybridized carbons (Fsp3) is 0.250. The molecule has 0 fully saturated rings. The number of furan rings is 1. The number of amides is 1. The number of aromatic nitrogens is 2. The molecule has 7 nitrogen and oxygen atoms in total. The number of H-pyrrole nitrogens is 1. The van der Waals surface area contributed by atoms with Gasteiger partial charge in [0, 0.05) is 24.8 Å². The Morgan fingerprint density at radius 2 is 1.96 bits per heavy atom. The van der Waals surface area contributed by atoms with Crippen LogP contribution in [0.3, 0.4) is 0 Å². The smallest absolute Gasteiger partial charge is 0.291 e. The van der Waals surface area contributed by atoms with Gasteiger partial charge in [-0.05, 0) is 50.6 Å². The quantitative estimate of drug-likeness (QED) is 0.495. The van der Waals surface area contributed by atoms with Crippen molar-refractivity contribution in [2.75, 3.05) is 18.0 Å². The Hall–Kier alpha value is -3.35. The van der Waals surface area contributed by atoms with Gasteiger partial charge in [-0.1, -0.05) is 12.1 Å². The summed E-state index contributed by atoms with van der Waals surface area (Å²) in [5.41, 5.74) is 5.44. The molecule has 0 bridgehead atoms. The van der Waals surface area contributed by atoms with Crippen molar-refractivity contribution in [3.63, 3.8) is 0 Å². The summed E-state index contributed by atoms with van der Waals surface area (Å²) in [5, 5.41) is 10.8. The van der Waals surface area contributed by atoms with E-state index in [0.29, 0.717) is 11.5 Å². The van der Waals surface area contributed by atoms with Gasteiger partial charge in [0.05, 0.1) is 6.21 Å². The number of carbonyl (C=O) groups is 1. The summed E-state index contributed by atoms with van der Waals surface area (Å²) in [6.45, 7) is 8.03. The summed E-state index contributed by atoms with van der Waals surface area (Å²) >= 11 is 0. The number of hydrogen-bond acceptors (Lipinski definition) is 5. The van der Waals surface area contributed by atoms with Crippen molar-refractivity contribution in [2.45, 2.75) is 20.8 Å². The molecule has 0 radical (unpaired) electrons. The second kappa shape index (κ2) is 8.35. The molecule has 7 heteroatoms. The van der Waals surface area contributed by atoms with E-state index in [-0.39, 0.29) is 5.69 Å². The number of benzene rings is 1. The average Bonchev–Trinajstić information content (AvgIpc) is 3.33. The molecule has 2 heterocycles. The lowest BCUT2D eigenvalue weighted by molar-refractivity contribution is 0.0950. The van der Waals surface area contributed by atoms with E-state index in [2.05, 4.69) is 39.5 Å². The number of anilines is 1. The highest BCUT2D eigenvalue weighted by atomic mass is 16.3. The maximum absolute atomic E-state index is 12.2. The first kappa shape index (κ1) is 18.4.